The van der Waals surface area contributed by atoms with Gasteiger partial charge in [-0.05, 0) is 18.6 Å². The number of sulfonamides is 1. The second kappa shape index (κ2) is 6.76. The second-order valence-corrected chi connectivity index (χ2v) is 5.97. The van der Waals surface area contributed by atoms with Gasteiger partial charge in [0.05, 0.1) is 4.90 Å². The van der Waals surface area contributed by atoms with Crippen molar-refractivity contribution in [1.29, 1.82) is 0 Å². The molecule has 1 rings (SSSR count). The van der Waals surface area contributed by atoms with Gasteiger partial charge in [-0.15, -0.1) is 0 Å². The van der Waals surface area contributed by atoms with E-state index in [0.717, 1.165) is 0 Å². The number of carbonyl (C=O) groups is 1. The van der Waals surface area contributed by atoms with E-state index in [9.17, 15) is 22.0 Å². The van der Waals surface area contributed by atoms with Crippen LogP contribution in [0.15, 0.2) is 23.1 Å². The van der Waals surface area contributed by atoms with E-state index in [-0.39, 0.29) is 6.42 Å². The number of hydrogen-bond donors (Lipinski definition) is 2. The summed E-state index contributed by atoms with van der Waals surface area (Å²) in [5.74, 6) is -3.43. The van der Waals surface area contributed by atoms with Crippen LogP contribution in [0.5, 0.6) is 0 Å². The first-order chi connectivity index (χ1) is 9.26. The fourth-order valence-electron chi connectivity index (χ4n) is 1.58. The van der Waals surface area contributed by atoms with E-state index in [2.05, 4.69) is 0 Å². The molecule has 0 amide bonds. The number of carboxylic acids is 1. The number of carboxylic acid groups (broad SMARTS) is 1. The van der Waals surface area contributed by atoms with Gasteiger partial charge in [0.25, 0.3) is 0 Å². The molecule has 0 saturated heterocycles. The normalized spacial score (nSPS) is 13.2. The number of nitrogens with one attached hydrogen (secondary N) is 1. The van der Waals surface area contributed by atoms with Crippen LogP contribution in [-0.2, 0) is 14.8 Å². The third-order valence-corrected chi connectivity index (χ3v) is 4.04. The topological polar surface area (TPSA) is 83.5 Å². The molecule has 1 unspecified atom stereocenters. The fourth-order valence-corrected chi connectivity index (χ4v) is 2.84. The van der Waals surface area contributed by atoms with Gasteiger partial charge < -0.3 is 5.11 Å². The number of rotatable bonds is 7. The number of halogens is 2. The molecule has 0 spiro atoms. The van der Waals surface area contributed by atoms with E-state index < -0.39 is 38.6 Å². The van der Waals surface area contributed by atoms with Crippen molar-refractivity contribution in [2.75, 3.05) is 0 Å². The van der Waals surface area contributed by atoms with Crippen LogP contribution >= 0.6 is 0 Å². The minimum Gasteiger partial charge on any atom is -0.480 e. The molecule has 1 atom stereocenters. The number of aliphatic carboxylic acids is 1. The zero-order chi connectivity index (χ0) is 15.3. The van der Waals surface area contributed by atoms with Crippen molar-refractivity contribution < 1.29 is 27.1 Å². The first-order valence-corrected chi connectivity index (χ1v) is 7.46. The minimum atomic E-state index is -4.29. The predicted molar refractivity (Wildman–Crippen MR) is 67.6 cm³/mol. The van der Waals surface area contributed by atoms with Gasteiger partial charge in [-0.1, -0.05) is 19.8 Å². The van der Waals surface area contributed by atoms with E-state index in [1.165, 1.54) is 0 Å². The molecule has 8 heteroatoms. The Balaban J connectivity index is 3.00. The lowest BCUT2D eigenvalue weighted by molar-refractivity contribution is -0.139. The summed E-state index contributed by atoms with van der Waals surface area (Å²) in [6.45, 7) is 1.83. The van der Waals surface area contributed by atoms with Crippen LogP contribution < -0.4 is 4.72 Å². The van der Waals surface area contributed by atoms with Gasteiger partial charge in [-0.2, -0.15) is 4.72 Å². The molecule has 0 fully saturated rings. The Morgan fingerprint density at radius 3 is 2.30 bits per heavy atom. The van der Waals surface area contributed by atoms with Gasteiger partial charge >= 0.3 is 5.97 Å². The van der Waals surface area contributed by atoms with Crippen LogP contribution in [0.4, 0.5) is 8.78 Å². The molecule has 0 aromatic heterocycles. The van der Waals surface area contributed by atoms with Crippen LogP contribution in [0.25, 0.3) is 0 Å². The highest BCUT2D eigenvalue weighted by Gasteiger charge is 2.25. The maximum atomic E-state index is 13.0. The van der Waals surface area contributed by atoms with Crippen LogP contribution in [0, 0.1) is 11.6 Å². The third kappa shape index (κ3) is 4.53. The van der Waals surface area contributed by atoms with Crippen molar-refractivity contribution in [3.63, 3.8) is 0 Å². The van der Waals surface area contributed by atoms with Gasteiger partial charge in [-0.25, -0.2) is 17.2 Å². The Kier molecular flexibility index (Phi) is 5.58. The number of benzene rings is 1. The summed E-state index contributed by atoms with van der Waals surface area (Å²) in [7, 11) is -4.29. The lowest BCUT2D eigenvalue weighted by Gasteiger charge is -2.14. The van der Waals surface area contributed by atoms with Gasteiger partial charge in [0, 0.05) is 6.07 Å². The van der Waals surface area contributed by atoms with E-state index in [4.69, 9.17) is 5.11 Å². The summed E-state index contributed by atoms with van der Waals surface area (Å²) in [5.41, 5.74) is 0. The van der Waals surface area contributed by atoms with Crippen molar-refractivity contribution in [2.24, 2.45) is 0 Å². The third-order valence-electron chi connectivity index (χ3n) is 2.59. The Morgan fingerprint density at radius 1 is 1.30 bits per heavy atom. The zero-order valence-electron chi connectivity index (χ0n) is 10.8. The van der Waals surface area contributed by atoms with E-state index in [1.54, 1.807) is 0 Å². The van der Waals surface area contributed by atoms with Crippen molar-refractivity contribution in [1.82, 2.24) is 4.72 Å². The summed E-state index contributed by atoms with van der Waals surface area (Å²) in [5, 5.41) is 8.94. The molecule has 2 N–H and O–H groups in total. The SMILES string of the molecule is CCCCC(NS(=O)(=O)c1cc(F)cc(F)c1)C(=O)O. The summed E-state index contributed by atoms with van der Waals surface area (Å²) < 4.78 is 51.8. The lowest BCUT2D eigenvalue weighted by atomic mass is 10.1. The molecular weight excluding hydrogens is 292 g/mol. The molecule has 1 aromatic rings. The van der Waals surface area contributed by atoms with Gasteiger partial charge in [0.2, 0.25) is 10.0 Å². The highest BCUT2D eigenvalue weighted by Crippen LogP contribution is 2.15. The number of hydrogen-bond acceptors (Lipinski definition) is 3. The molecule has 5 nitrogen and oxygen atoms in total. The first-order valence-electron chi connectivity index (χ1n) is 5.97. The highest BCUT2D eigenvalue weighted by atomic mass is 32.2. The lowest BCUT2D eigenvalue weighted by Crippen LogP contribution is -2.40. The molecule has 0 aliphatic heterocycles. The molecule has 0 aliphatic carbocycles. The minimum absolute atomic E-state index is 0.100. The predicted octanol–water partition coefficient (Wildman–Crippen LogP) is 1.89. The standard InChI is InChI=1S/C12H15F2NO4S/c1-2-3-4-11(12(16)17)15-20(18,19)10-6-8(13)5-9(14)7-10/h5-7,11,15H,2-4H2,1H3,(H,16,17). The largest absolute Gasteiger partial charge is 0.480 e. The summed E-state index contributed by atoms with van der Waals surface area (Å²) >= 11 is 0. The van der Waals surface area contributed by atoms with E-state index in [1.807, 2.05) is 11.6 Å². The molecule has 0 saturated carbocycles. The molecular formula is C12H15F2NO4S. The summed E-state index contributed by atoms with van der Waals surface area (Å²) in [6, 6.07) is 0.463. The average molecular weight is 307 g/mol. The molecule has 0 aliphatic rings. The highest BCUT2D eigenvalue weighted by molar-refractivity contribution is 7.89. The molecule has 112 valence electrons. The van der Waals surface area contributed by atoms with E-state index in [0.29, 0.717) is 31.0 Å². The maximum absolute atomic E-state index is 13.0. The Hall–Kier alpha value is -1.54. The number of unbranched alkanes of at least 4 members (excludes halogenated alkanes) is 1. The first kappa shape index (κ1) is 16.5. The molecule has 1 aromatic carbocycles. The Morgan fingerprint density at radius 2 is 1.85 bits per heavy atom. The molecule has 0 heterocycles. The molecule has 0 bridgehead atoms. The van der Waals surface area contributed by atoms with Crippen LogP contribution in [0.2, 0.25) is 0 Å². The van der Waals surface area contributed by atoms with Crippen molar-refractivity contribution in [2.45, 2.75) is 37.1 Å². The van der Waals surface area contributed by atoms with Gasteiger partial charge in [-0.3, -0.25) is 4.79 Å². The zero-order valence-corrected chi connectivity index (χ0v) is 11.6. The van der Waals surface area contributed by atoms with Gasteiger partial charge in [0.1, 0.15) is 17.7 Å². The van der Waals surface area contributed by atoms with Crippen LogP contribution in [0.3, 0.4) is 0 Å². The quantitative estimate of drug-likeness (QED) is 0.805. The fraction of sp³-hybridized carbons (Fsp3) is 0.417. The van der Waals surface area contributed by atoms with Crippen LogP contribution in [0.1, 0.15) is 26.2 Å². The molecule has 0 radical (unpaired) electrons. The summed E-state index contributed by atoms with van der Waals surface area (Å²) in [6.07, 6.45) is 1.31. The van der Waals surface area contributed by atoms with Crippen molar-refractivity contribution in [3.05, 3.63) is 29.8 Å². The molecule has 20 heavy (non-hydrogen) atoms. The maximum Gasteiger partial charge on any atom is 0.321 e. The monoisotopic (exact) mass is 307 g/mol. The average Bonchev–Trinajstić information content (AvgIpc) is 2.32. The van der Waals surface area contributed by atoms with Crippen LogP contribution in [-0.4, -0.2) is 25.5 Å². The smallest absolute Gasteiger partial charge is 0.321 e. The van der Waals surface area contributed by atoms with Gasteiger partial charge in [0.15, 0.2) is 0 Å². The van der Waals surface area contributed by atoms with E-state index >= 15 is 0 Å². The Labute approximate surface area is 115 Å². The Bertz CT molecular complexity index is 569. The van der Waals surface area contributed by atoms with Crippen molar-refractivity contribution in [3.8, 4) is 0 Å². The second-order valence-electron chi connectivity index (χ2n) is 4.26. The summed E-state index contributed by atoms with van der Waals surface area (Å²) in [4.78, 5) is 10.3. The van der Waals surface area contributed by atoms with Crippen molar-refractivity contribution >= 4 is 16.0 Å².